The van der Waals surface area contributed by atoms with E-state index in [1.807, 2.05) is 37.1 Å². The zero-order chi connectivity index (χ0) is 62.7. The van der Waals surface area contributed by atoms with Crippen LogP contribution in [0.15, 0.2) is 159 Å². The molecule has 0 amide bonds. The zero-order valence-electron chi connectivity index (χ0n) is 55.5. The first-order chi connectivity index (χ1) is 41.3. The van der Waals surface area contributed by atoms with Gasteiger partial charge in [-0.05, 0) is 211 Å². The van der Waals surface area contributed by atoms with E-state index in [0.29, 0.717) is 11.8 Å². The third-order valence-corrected chi connectivity index (χ3v) is 17.4. The Morgan fingerprint density at radius 3 is 1.18 bits per heavy atom. The van der Waals surface area contributed by atoms with Crippen LogP contribution in [-0.2, 0) is 34.6 Å². The van der Waals surface area contributed by atoms with Crippen molar-refractivity contribution in [2.45, 2.75) is 123 Å². The van der Waals surface area contributed by atoms with E-state index in [-0.39, 0.29) is 0 Å². The van der Waals surface area contributed by atoms with E-state index in [2.05, 4.69) is 299 Å². The molecule has 0 saturated carbocycles. The van der Waals surface area contributed by atoms with Crippen molar-refractivity contribution >= 4 is 43.5 Å². The van der Waals surface area contributed by atoms with Crippen molar-refractivity contribution in [2.75, 3.05) is 0 Å². The van der Waals surface area contributed by atoms with Gasteiger partial charge < -0.3 is 0 Å². The number of hydrogen-bond donors (Lipinski definition) is 0. The molecule has 0 aliphatic heterocycles. The van der Waals surface area contributed by atoms with E-state index < -0.39 is 0 Å². The molecule has 0 N–H and O–H groups in total. The van der Waals surface area contributed by atoms with Gasteiger partial charge in [0, 0.05) is 93.7 Å². The molecule has 0 saturated heterocycles. The second-order valence-electron chi connectivity index (χ2n) is 25.4. The van der Waals surface area contributed by atoms with Gasteiger partial charge >= 0.3 is 0 Å². The molecular formula is C79H90N8+4. The molecule has 0 atom stereocenters. The Bertz CT molecular complexity index is 4430. The lowest BCUT2D eigenvalue weighted by Gasteiger charge is -2.11. The highest BCUT2D eigenvalue weighted by Crippen LogP contribution is 2.32. The summed E-state index contributed by atoms with van der Waals surface area (Å²) >= 11 is 0. The summed E-state index contributed by atoms with van der Waals surface area (Å²) in [6.07, 6.45) is 19.2. The van der Waals surface area contributed by atoms with E-state index >= 15 is 0 Å². The number of fused-ring (bicyclic) bond motifs is 4. The Hall–Kier alpha value is -8.88. The van der Waals surface area contributed by atoms with Crippen LogP contribution in [0, 0.1) is 89.0 Å². The molecule has 0 fully saturated rings. The van der Waals surface area contributed by atoms with Crippen LogP contribution in [0.3, 0.4) is 0 Å². The first-order valence-electron chi connectivity index (χ1n) is 30.7. The number of aromatic nitrogens is 8. The van der Waals surface area contributed by atoms with E-state index in [0.717, 1.165) is 23.0 Å². The average Bonchev–Trinajstić information content (AvgIpc) is 1.55. The summed E-state index contributed by atoms with van der Waals surface area (Å²) < 4.78 is 8.73. The minimum absolute atomic E-state index is 0.493. The molecule has 0 aliphatic rings. The smallest absolute Gasteiger partial charge is 0.213 e. The fourth-order valence-electron chi connectivity index (χ4n) is 12.0. The number of rotatable bonds is 7. The molecule has 8 aromatic heterocycles. The zero-order valence-corrected chi connectivity index (χ0v) is 55.5. The third kappa shape index (κ3) is 14.2. The summed E-state index contributed by atoms with van der Waals surface area (Å²) in [4.78, 5) is 17.9. The summed E-state index contributed by atoms with van der Waals surface area (Å²) in [5, 5.41) is 6.01. The molecule has 0 aliphatic carbocycles. The van der Waals surface area contributed by atoms with Crippen molar-refractivity contribution in [1.82, 2.24) is 19.9 Å². The van der Waals surface area contributed by atoms with Crippen LogP contribution in [0.4, 0.5) is 0 Å². The van der Waals surface area contributed by atoms with E-state index in [1.165, 1.54) is 150 Å². The molecule has 0 radical (unpaired) electrons. The van der Waals surface area contributed by atoms with Gasteiger partial charge in [0.25, 0.3) is 0 Å². The van der Waals surface area contributed by atoms with Crippen LogP contribution in [0.2, 0.25) is 0 Å². The monoisotopic (exact) mass is 1150 g/mol. The van der Waals surface area contributed by atoms with Crippen LogP contribution in [-0.4, -0.2) is 19.9 Å². The van der Waals surface area contributed by atoms with Crippen LogP contribution in [0.1, 0.15) is 112 Å². The van der Waals surface area contributed by atoms with Crippen molar-refractivity contribution in [2.24, 2.45) is 34.1 Å². The topological polar surface area (TPSA) is 67.1 Å². The van der Waals surface area contributed by atoms with Gasteiger partial charge in [-0.25, -0.2) is 19.5 Å². The third-order valence-electron chi connectivity index (χ3n) is 17.4. The highest BCUT2D eigenvalue weighted by atomic mass is 14.9. The lowest BCUT2D eigenvalue weighted by atomic mass is 9.96. The number of pyridine rings is 8. The summed E-state index contributed by atoms with van der Waals surface area (Å²) in [5.41, 5.74) is 31.9. The predicted molar refractivity (Wildman–Crippen MR) is 363 cm³/mol. The molecule has 8 heteroatoms. The number of benzene rings is 4. The fourth-order valence-corrected chi connectivity index (χ4v) is 12.0. The molecule has 87 heavy (non-hydrogen) atoms. The summed E-state index contributed by atoms with van der Waals surface area (Å²) in [6.45, 7) is 35.1. The Kier molecular flexibility index (Phi) is 19.0. The van der Waals surface area contributed by atoms with Crippen LogP contribution in [0.5, 0.6) is 0 Å². The fraction of sp³-hybridized carbons (Fsp3) is 0.291. The Morgan fingerprint density at radius 2 is 0.747 bits per heavy atom. The molecule has 12 rings (SSSR count). The highest BCUT2D eigenvalue weighted by Gasteiger charge is 2.21. The SMILES string of the molecule is Cc1cc(C)c(C)c(-c2cc3cc(C(C)C)cnc3c[n+]2C)c1.Cc1cc(C)c(C)c(-c2cc3cc(CC(C)C)cnc3c[n+]2C)c1.Cc1cc(C)c(C)c(-c2cc3cccnc3c[n+]2C)c1.Cc1cc(C)c(C)c(-c2cc3ccncc3c[n+]2C)c1. The van der Waals surface area contributed by atoms with Crippen molar-refractivity contribution in [1.29, 1.82) is 0 Å². The van der Waals surface area contributed by atoms with Crippen LogP contribution in [0.25, 0.3) is 88.5 Å². The summed E-state index contributed by atoms with van der Waals surface area (Å²) in [6, 6.07) is 37.8. The molecule has 8 heterocycles. The van der Waals surface area contributed by atoms with Gasteiger partial charge in [0.1, 0.15) is 44.7 Å². The minimum Gasteiger partial charge on any atom is -0.264 e. The number of aryl methyl sites for hydroxylation is 12. The van der Waals surface area contributed by atoms with Crippen molar-refractivity contribution in [3.63, 3.8) is 0 Å². The lowest BCUT2D eigenvalue weighted by Crippen LogP contribution is -2.31. The lowest BCUT2D eigenvalue weighted by molar-refractivity contribution is -0.659. The van der Waals surface area contributed by atoms with Gasteiger partial charge in [-0.2, -0.15) is 13.7 Å². The maximum Gasteiger partial charge on any atom is 0.213 e. The van der Waals surface area contributed by atoms with E-state index in [1.54, 1.807) is 0 Å². The van der Waals surface area contributed by atoms with Gasteiger partial charge in [0.15, 0.2) is 24.8 Å². The average molecular weight is 1150 g/mol. The van der Waals surface area contributed by atoms with Crippen LogP contribution < -0.4 is 18.3 Å². The maximum absolute atomic E-state index is 4.67. The molecule has 0 spiro atoms. The normalized spacial score (nSPS) is 11.2. The van der Waals surface area contributed by atoms with Gasteiger partial charge in [-0.3, -0.25) is 4.98 Å². The van der Waals surface area contributed by atoms with E-state index in [9.17, 15) is 0 Å². The predicted octanol–water partition coefficient (Wildman–Crippen LogP) is 16.9. The molecule has 12 aromatic rings. The largest absolute Gasteiger partial charge is 0.264 e. The van der Waals surface area contributed by atoms with Gasteiger partial charge in [-0.15, -0.1) is 0 Å². The second kappa shape index (κ2) is 26.4. The van der Waals surface area contributed by atoms with Crippen LogP contribution >= 0.6 is 0 Å². The minimum atomic E-state index is 0.493. The number of nitrogens with zero attached hydrogens (tertiary/aromatic N) is 8. The Morgan fingerprint density at radius 1 is 0.356 bits per heavy atom. The molecular weight excluding hydrogens is 1060 g/mol. The molecule has 0 unspecified atom stereocenters. The number of hydrogen-bond acceptors (Lipinski definition) is 4. The Balaban J connectivity index is 0.000000139. The van der Waals surface area contributed by atoms with Gasteiger partial charge in [0.2, 0.25) is 22.8 Å². The first kappa shape index (κ1) is 62.6. The molecule has 4 aromatic carbocycles. The molecule has 0 bridgehead atoms. The van der Waals surface area contributed by atoms with Gasteiger partial charge in [0.05, 0.1) is 5.39 Å². The van der Waals surface area contributed by atoms with Gasteiger partial charge in [-0.1, -0.05) is 80.3 Å². The summed E-state index contributed by atoms with van der Waals surface area (Å²) in [7, 11) is 8.39. The second-order valence-corrected chi connectivity index (χ2v) is 25.4. The summed E-state index contributed by atoms with van der Waals surface area (Å²) in [5.74, 6) is 1.14. The molecule has 442 valence electrons. The van der Waals surface area contributed by atoms with E-state index in [4.69, 9.17) is 0 Å². The van der Waals surface area contributed by atoms with Crippen molar-refractivity contribution < 1.29 is 18.3 Å². The maximum atomic E-state index is 4.67. The quantitative estimate of drug-likeness (QED) is 0.149. The Labute approximate surface area is 518 Å². The van der Waals surface area contributed by atoms with Crippen molar-refractivity contribution in [3.05, 3.63) is 237 Å². The first-order valence-corrected chi connectivity index (χ1v) is 30.7. The highest BCUT2D eigenvalue weighted by molar-refractivity contribution is 5.85. The van der Waals surface area contributed by atoms with Crippen molar-refractivity contribution in [3.8, 4) is 45.0 Å². The standard InChI is InChI=1S/C22H27N2.C21H25N2.2C18H19N2/c1-14(2)7-18-10-19-11-22(24(6)13-21(19)23-12-18)20-9-15(3)8-16(4)17(20)5;1-13(2)18-9-17-10-21(23(6)12-20(17)22-11-18)19-8-14(3)7-15(4)16(19)5;1-12-7-13(2)14(3)17(8-12)18-9-15-5-6-19-10-16(15)11-20(18)4;1-12-8-13(2)14(3)16(9-12)18-10-15-6-5-7-19-17(15)11-20(18)4/h8-14H,7H2,1-6H3;7-13H,1-6H3;2*5-11H,1-4H3/q4*+1. The molecule has 8 nitrogen and oxygen atoms in total.